The van der Waals surface area contributed by atoms with Crippen molar-refractivity contribution in [3.05, 3.63) is 47.7 Å². The van der Waals surface area contributed by atoms with Crippen molar-refractivity contribution in [2.75, 3.05) is 23.1 Å². The lowest BCUT2D eigenvalue weighted by Gasteiger charge is -2.26. The topological polar surface area (TPSA) is 118 Å². The van der Waals surface area contributed by atoms with E-state index in [4.69, 9.17) is 9.26 Å². The van der Waals surface area contributed by atoms with Crippen LogP contribution >= 0.6 is 0 Å². The lowest BCUT2D eigenvalue weighted by atomic mass is 9.93. The van der Waals surface area contributed by atoms with Gasteiger partial charge in [0, 0.05) is 35.7 Å². The first-order valence-electron chi connectivity index (χ1n) is 10.3. The van der Waals surface area contributed by atoms with Gasteiger partial charge in [-0.15, -0.1) is 0 Å². The molecule has 0 fully saturated rings. The van der Waals surface area contributed by atoms with Crippen LogP contribution < -0.4 is 16.0 Å². The van der Waals surface area contributed by atoms with Crippen LogP contribution in [0.2, 0.25) is 0 Å². The highest BCUT2D eigenvalue weighted by Crippen LogP contribution is 2.26. The number of rotatable bonds is 5. The van der Waals surface area contributed by atoms with E-state index in [0.717, 1.165) is 11.3 Å². The van der Waals surface area contributed by atoms with Crippen LogP contribution in [0.5, 0.6) is 0 Å². The maximum atomic E-state index is 12.8. The number of anilines is 3. The fraction of sp³-hybridized carbons (Fsp3) is 0.391. The largest absolute Gasteiger partial charge is 0.359 e. The molecule has 2 unspecified atom stereocenters. The van der Waals surface area contributed by atoms with Gasteiger partial charge in [0.2, 0.25) is 5.91 Å². The maximum Gasteiger partial charge on any atom is 0.324 e. The third kappa shape index (κ3) is 5.61. The summed E-state index contributed by atoms with van der Waals surface area (Å²) in [6.45, 7) is 9.74. The monoisotopic (exact) mass is 439 g/mol. The van der Waals surface area contributed by atoms with E-state index < -0.39 is 18.2 Å². The first-order chi connectivity index (χ1) is 15.1. The van der Waals surface area contributed by atoms with Gasteiger partial charge in [-0.2, -0.15) is 0 Å². The number of carbonyl (C=O) groups is 2. The third-order valence-corrected chi connectivity index (χ3v) is 4.97. The van der Waals surface area contributed by atoms with Gasteiger partial charge in [0.1, 0.15) is 11.7 Å². The van der Waals surface area contributed by atoms with Crippen molar-refractivity contribution in [2.45, 2.75) is 46.3 Å². The smallest absolute Gasteiger partial charge is 0.324 e. The normalized spacial score (nSPS) is 18.4. The van der Waals surface area contributed by atoms with Crippen LogP contribution in [0.25, 0.3) is 0 Å². The van der Waals surface area contributed by atoms with Gasteiger partial charge in [-0.25, -0.2) is 4.79 Å². The predicted molar refractivity (Wildman–Crippen MR) is 124 cm³/mol. The van der Waals surface area contributed by atoms with Gasteiger partial charge < -0.3 is 19.9 Å². The Morgan fingerprint density at radius 1 is 1.03 bits per heavy atom. The highest BCUT2D eigenvalue weighted by Gasteiger charge is 2.32. The van der Waals surface area contributed by atoms with Crippen molar-refractivity contribution < 1.29 is 18.8 Å². The van der Waals surface area contributed by atoms with E-state index in [1.54, 1.807) is 30.3 Å². The summed E-state index contributed by atoms with van der Waals surface area (Å²) in [4.78, 5) is 29.4. The van der Waals surface area contributed by atoms with E-state index in [1.807, 2.05) is 40.7 Å². The quantitative estimate of drug-likeness (QED) is 0.631. The molecule has 3 rings (SSSR count). The van der Waals surface area contributed by atoms with Gasteiger partial charge in [0.05, 0.1) is 0 Å². The van der Waals surface area contributed by atoms with E-state index in [0.29, 0.717) is 23.0 Å². The number of allylic oxidation sites excluding steroid dienone is 1. The SMILES string of the molecule is COC1N=C(C)C=C(C)C1C(=O)Nc1ccc(NC(=O)Nc2cc(C(C)(C)C)on2)cc1. The van der Waals surface area contributed by atoms with Crippen molar-refractivity contribution in [3.63, 3.8) is 0 Å². The number of nitrogens with one attached hydrogen (secondary N) is 3. The Kier molecular flexibility index (Phi) is 6.78. The zero-order valence-corrected chi connectivity index (χ0v) is 19.1. The number of benzene rings is 1. The molecule has 0 saturated carbocycles. The molecular weight excluding hydrogens is 410 g/mol. The summed E-state index contributed by atoms with van der Waals surface area (Å²) < 4.78 is 10.6. The Balaban J connectivity index is 1.58. The average molecular weight is 440 g/mol. The fourth-order valence-corrected chi connectivity index (χ4v) is 3.30. The molecule has 9 nitrogen and oxygen atoms in total. The third-order valence-electron chi connectivity index (χ3n) is 4.97. The number of amides is 3. The van der Waals surface area contributed by atoms with Crippen LogP contribution in [0, 0.1) is 5.92 Å². The molecule has 3 amide bonds. The summed E-state index contributed by atoms with van der Waals surface area (Å²) in [6, 6.07) is 8.04. The highest BCUT2D eigenvalue weighted by molar-refractivity contribution is 6.01. The molecule has 1 aliphatic rings. The highest BCUT2D eigenvalue weighted by atomic mass is 16.5. The summed E-state index contributed by atoms with van der Waals surface area (Å²) in [7, 11) is 1.54. The lowest BCUT2D eigenvalue weighted by Crippen LogP contribution is -2.36. The molecule has 3 N–H and O–H groups in total. The molecule has 0 spiro atoms. The fourth-order valence-electron chi connectivity index (χ4n) is 3.30. The minimum absolute atomic E-state index is 0.204. The van der Waals surface area contributed by atoms with E-state index in [2.05, 4.69) is 26.1 Å². The lowest BCUT2D eigenvalue weighted by molar-refractivity contribution is -0.122. The Labute approximate surface area is 187 Å². The van der Waals surface area contributed by atoms with Crippen LogP contribution in [0.1, 0.15) is 40.4 Å². The number of dihydropyridines is 1. The molecule has 2 aromatic rings. The molecule has 32 heavy (non-hydrogen) atoms. The Hall–Kier alpha value is -3.46. The van der Waals surface area contributed by atoms with E-state index in [-0.39, 0.29) is 11.3 Å². The summed E-state index contributed by atoms with van der Waals surface area (Å²) >= 11 is 0. The van der Waals surface area contributed by atoms with Gasteiger partial charge >= 0.3 is 6.03 Å². The first kappa shape index (κ1) is 23.2. The van der Waals surface area contributed by atoms with Crippen LogP contribution in [-0.4, -0.2) is 36.1 Å². The number of aliphatic imine (C=N–C) groups is 1. The zero-order valence-electron chi connectivity index (χ0n) is 19.1. The molecule has 0 bridgehead atoms. The van der Waals surface area contributed by atoms with Crippen molar-refractivity contribution >= 4 is 34.8 Å². The molecule has 1 aliphatic heterocycles. The minimum atomic E-state index is -0.556. The van der Waals surface area contributed by atoms with Crippen molar-refractivity contribution in [1.82, 2.24) is 5.16 Å². The van der Waals surface area contributed by atoms with E-state index >= 15 is 0 Å². The summed E-state index contributed by atoms with van der Waals surface area (Å²) in [6.07, 6.45) is 1.32. The number of aromatic nitrogens is 1. The number of hydrogen-bond donors (Lipinski definition) is 3. The van der Waals surface area contributed by atoms with Crippen LogP contribution in [0.15, 0.2) is 51.5 Å². The number of urea groups is 1. The van der Waals surface area contributed by atoms with E-state index in [1.165, 1.54) is 7.11 Å². The molecular formula is C23H29N5O4. The van der Waals surface area contributed by atoms with Crippen molar-refractivity contribution in [3.8, 4) is 0 Å². The van der Waals surface area contributed by atoms with Crippen molar-refractivity contribution in [1.29, 1.82) is 0 Å². The Bertz CT molecular complexity index is 1050. The standard InChI is InChI=1S/C23H29N5O4/c1-13-11-14(2)24-21(31-6)19(13)20(29)25-15-7-9-16(10-8-15)26-22(30)27-18-12-17(32-28-18)23(3,4)5/h7-12,19,21H,1-6H3,(H,25,29)(H2,26,27,28,30). The summed E-state index contributed by atoms with van der Waals surface area (Å²) in [5, 5.41) is 12.1. The second-order valence-electron chi connectivity index (χ2n) is 8.73. The Morgan fingerprint density at radius 3 is 2.22 bits per heavy atom. The summed E-state index contributed by atoms with van der Waals surface area (Å²) in [5.74, 6) is 0.291. The molecule has 1 aromatic heterocycles. The van der Waals surface area contributed by atoms with Gasteiger partial charge in [-0.1, -0.05) is 31.5 Å². The van der Waals surface area contributed by atoms with Gasteiger partial charge in [0.25, 0.3) is 0 Å². The first-order valence-corrected chi connectivity index (χ1v) is 10.3. The molecule has 1 aromatic carbocycles. The van der Waals surface area contributed by atoms with Crippen LogP contribution in [0.4, 0.5) is 22.0 Å². The van der Waals surface area contributed by atoms with Gasteiger partial charge in [-0.05, 0) is 44.2 Å². The Morgan fingerprint density at radius 2 is 1.66 bits per heavy atom. The number of carbonyl (C=O) groups excluding carboxylic acids is 2. The molecule has 170 valence electrons. The molecule has 0 saturated heterocycles. The maximum absolute atomic E-state index is 12.8. The second kappa shape index (κ2) is 9.35. The van der Waals surface area contributed by atoms with Crippen LogP contribution in [-0.2, 0) is 14.9 Å². The zero-order chi connectivity index (χ0) is 23.5. The van der Waals surface area contributed by atoms with Gasteiger partial charge in [-0.3, -0.25) is 15.1 Å². The average Bonchev–Trinajstić information content (AvgIpc) is 3.17. The molecule has 0 radical (unpaired) electrons. The molecule has 9 heteroatoms. The van der Waals surface area contributed by atoms with Gasteiger partial charge in [0.15, 0.2) is 12.0 Å². The molecule has 2 atom stereocenters. The van der Waals surface area contributed by atoms with E-state index in [9.17, 15) is 9.59 Å². The molecule has 2 heterocycles. The second-order valence-corrected chi connectivity index (χ2v) is 8.73. The number of ether oxygens (including phenoxy) is 1. The van der Waals surface area contributed by atoms with Crippen LogP contribution in [0.3, 0.4) is 0 Å². The van der Waals surface area contributed by atoms with Crippen molar-refractivity contribution in [2.24, 2.45) is 10.9 Å². The predicted octanol–water partition coefficient (Wildman–Crippen LogP) is 4.56. The molecule has 0 aliphatic carbocycles. The number of nitrogens with zero attached hydrogens (tertiary/aromatic N) is 2. The summed E-state index contributed by atoms with van der Waals surface area (Å²) in [5.41, 5.74) is 2.67. The number of hydrogen-bond acceptors (Lipinski definition) is 6. The minimum Gasteiger partial charge on any atom is -0.359 e. The number of methoxy groups -OCH3 is 1.